The maximum absolute atomic E-state index is 13.7. The molecule has 1 aromatic carbocycles. The summed E-state index contributed by atoms with van der Waals surface area (Å²) < 4.78 is 20.6. The van der Waals surface area contributed by atoms with Gasteiger partial charge in [-0.05, 0) is 18.2 Å². The number of thioether (sulfide) groups is 1. The Bertz CT molecular complexity index is 957. The summed E-state index contributed by atoms with van der Waals surface area (Å²) in [5.41, 5.74) is -0.565. The number of nitrogens with one attached hydrogen (secondary N) is 1. The molecule has 0 saturated carbocycles. The van der Waals surface area contributed by atoms with Crippen LogP contribution in [-0.4, -0.2) is 31.3 Å². The van der Waals surface area contributed by atoms with E-state index in [1.807, 2.05) is 0 Å². The van der Waals surface area contributed by atoms with Gasteiger partial charge >= 0.3 is 0 Å². The Balaban J connectivity index is 1.65. The van der Waals surface area contributed by atoms with Gasteiger partial charge in [0.2, 0.25) is 5.91 Å². The van der Waals surface area contributed by atoms with E-state index in [0.717, 1.165) is 30.0 Å². The SMILES string of the molecule is Cn1c(SCC(=O)Nc2cc([N+](=O)[O-])ccc2F)nnc1-c1ccco1. The summed E-state index contributed by atoms with van der Waals surface area (Å²) in [7, 11) is 1.72. The number of rotatable bonds is 6. The van der Waals surface area contributed by atoms with Crippen molar-refractivity contribution in [1.29, 1.82) is 0 Å². The first-order chi connectivity index (χ1) is 12.5. The summed E-state index contributed by atoms with van der Waals surface area (Å²) in [6.45, 7) is 0. The Morgan fingerprint density at radius 2 is 2.23 bits per heavy atom. The van der Waals surface area contributed by atoms with Gasteiger partial charge in [0.15, 0.2) is 16.7 Å². The monoisotopic (exact) mass is 377 g/mol. The van der Waals surface area contributed by atoms with Gasteiger partial charge in [0, 0.05) is 19.2 Å². The number of halogens is 1. The lowest BCUT2D eigenvalue weighted by Crippen LogP contribution is -2.15. The van der Waals surface area contributed by atoms with Crippen LogP contribution >= 0.6 is 11.8 Å². The average molecular weight is 377 g/mol. The Labute approximate surface area is 150 Å². The smallest absolute Gasteiger partial charge is 0.271 e. The number of furan rings is 1. The first kappa shape index (κ1) is 17.6. The van der Waals surface area contributed by atoms with Crippen LogP contribution < -0.4 is 5.32 Å². The van der Waals surface area contributed by atoms with Crippen molar-refractivity contribution in [1.82, 2.24) is 14.8 Å². The molecule has 0 fully saturated rings. The Morgan fingerprint density at radius 1 is 1.42 bits per heavy atom. The van der Waals surface area contributed by atoms with E-state index in [2.05, 4.69) is 15.5 Å². The number of anilines is 1. The highest BCUT2D eigenvalue weighted by atomic mass is 32.2. The summed E-state index contributed by atoms with van der Waals surface area (Å²) in [5, 5.41) is 21.5. The molecule has 11 heteroatoms. The van der Waals surface area contributed by atoms with Crippen LogP contribution in [0, 0.1) is 15.9 Å². The van der Waals surface area contributed by atoms with Crippen LogP contribution in [0.15, 0.2) is 46.2 Å². The van der Waals surface area contributed by atoms with Crippen LogP contribution in [0.5, 0.6) is 0 Å². The lowest BCUT2D eigenvalue weighted by atomic mass is 10.2. The lowest BCUT2D eigenvalue weighted by Gasteiger charge is -2.06. The molecule has 2 heterocycles. The first-order valence-electron chi connectivity index (χ1n) is 7.25. The topological polar surface area (TPSA) is 116 Å². The molecule has 2 aromatic heterocycles. The summed E-state index contributed by atoms with van der Waals surface area (Å²) >= 11 is 1.09. The van der Waals surface area contributed by atoms with Crippen LogP contribution in [0.25, 0.3) is 11.6 Å². The van der Waals surface area contributed by atoms with E-state index < -0.39 is 16.6 Å². The van der Waals surface area contributed by atoms with Gasteiger partial charge in [0.1, 0.15) is 5.82 Å². The highest BCUT2D eigenvalue weighted by Gasteiger charge is 2.16. The molecule has 0 saturated heterocycles. The number of nitro groups is 1. The van der Waals surface area contributed by atoms with Crippen molar-refractivity contribution < 1.29 is 18.5 Å². The number of carbonyl (C=O) groups excluding carboxylic acids is 1. The second kappa shape index (κ2) is 7.35. The molecule has 1 N–H and O–H groups in total. The van der Waals surface area contributed by atoms with Gasteiger partial charge in [-0.25, -0.2) is 4.39 Å². The van der Waals surface area contributed by atoms with Crippen LogP contribution in [0.1, 0.15) is 0 Å². The number of amides is 1. The van der Waals surface area contributed by atoms with Crippen molar-refractivity contribution in [3.63, 3.8) is 0 Å². The number of nitro benzene ring substituents is 1. The van der Waals surface area contributed by atoms with Crippen LogP contribution in [0.4, 0.5) is 15.8 Å². The zero-order valence-corrected chi connectivity index (χ0v) is 14.2. The van der Waals surface area contributed by atoms with E-state index in [9.17, 15) is 19.3 Å². The Kier molecular flexibility index (Phi) is 4.98. The molecule has 3 aromatic rings. The van der Waals surface area contributed by atoms with Gasteiger partial charge in [0.25, 0.3) is 5.69 Å². The molecule has 134 valence electrons. The summed E-state index contributed by atoms with van der Waals surface area (Å²) in [6, 6.07) is 6.37. The Hall–Kier alpha value is -3.21. The summed E-state index contributed by atoms with van der Waals surface area (Å²) in [4.78, 5) is 22.1. The molecule has 0 atom stereocenters. The standard InChI is InChI=1S/C15H12FN5O4S/c1-20-14(12-3-2-6-25-12)18-19-15(20)26-8-13(22)17-11-7-9(21(23)24)4-5-10(11)16/h2-7H,8H2,1H3,(H,17,22). The number of hydrogen-bond acceptors (Lipinski definition) is 7. The molecule has 26 heavy (non-hydrogen) atoms. The first-order valence-corrected chi connectivity index (χ1v) is 8.24. The third-order valence-electron chi connectivity index (χ3n) is 3.34. The van der Waals surface area contributed by atoms with Gasteiger partial charge in [-0.15, -0.1) is 10.2 Å². The second-order valence-electron chi connectivity index (χ2n) is 5.10. The summed E-state index contributed by atoms with van der Waals surface area (Å²) in [5.74, 6) is -0.325. The molecule has 0 aliphatic heterocycles. The van der Waals surface area contributed by atoms with Gasteiger partial charge in [-0.3, -0.25) is 14.9 Å². The predicted molar refractivity (Wildman–Crippen MR) is 91.1 cm³/mol. The van der Waals surface area contributed by atoms with E-state index in [4.69, 9.17) is 4.42 Å². The normalized spacial score (nSPS) is 10.7. The fraction of sp³-hybridized carbons (Fsp3) is 0.133. The fourth-order valence-electron chi connectivity index (χ4n) is 2.10. The molecule has 0 bridgehead atoms. The predicted octanol–water partition coefficient (Wildman–Crippen LogP) is 2.85. The third kappa shape index (κ3) is 3.72. The van der Waals surface area contributed by atoms with Gasteiger partial charge < -0.3 is 14.3 Å². The minimum absolute atomic E-state index is 0.0771. The maximum atomic E-state index is 13.7. The van der Waals surface area contributed by atoms with Crippen molar-refractivity contribution in [3.8, 4) is 11.6 Å². The highest BCUT2D eigenvalue weighted by Crippen LogP contribution is 2.24. The molecule has 0 spiro atoms. The third-order valence-corrected chi connectivity index (χ3v) is 4.36. The zero-order chi connectivity index (χ0) is 18.7. The number of nitrogens with zero attached hydrogens (tertiary/aromatic N) is 4. The van der Waals surface area contributed by atoms with Crippen LogP contribution in [-0.2, 0) is 11.8 Å². The minimum Gasteiger partial charge on any atom is -0.461 e. The van der Waals surface area contributed by atoms with Gasteiger partial charge in [-0.2, -0.15) is 0 Å². The molecule has 0 aliphatic carbocycles. The molecule has 0 unspecified atom stereocenters. The second-order valence-corrected chi connectivity index (χ2v) is 6.04. The van der Waals surface area contributed by atoms with E-state index in [1.54, 1.807) is 23.7 Å². The van der Waals surface area contributed by atoms with E-state index >= 15 is 0 Å². The molecule has 0 aliphatic rings. The highest BCUT2D eigenvalue weighted by molar-refractivity contribution is 7.99. The number of non-ortho nitro benzene ring substituents is 1. The molecule has 0 radical (unpaired) electrons. The van der Waals surface area contributed by atoms with E-state index in [-0.39, 0.29) is 17.1 Å². The van der Waals surface area contributed by atoms with E-state index in [1.165, 1.54) is 6.26 Å². The van der Waals surface area contributed by atoms with Crippen molar-refractivity contribution >= 4 is 29.0 Å². The molecular weight excluding hydrogens is 365 g/mol. The fourth-order valence-corrected chi connectivity index (χ4v) is 2.81. The van der Waals surface area contributed by atoms with E-state index in [0.29, 0.717) is 16.7 Å². The number of aromatic nitrogens is 3. The number of hydrogen-bond donors (Lipinski definition) is 1. The van der Waals surface area contributed by atoms with Gasteiger partial charge in [0.05, 0.1) is 22.6 Å². The van der Waals surface area contributed by atoms with Gasteiger partial charge in [-0.1, -0.05) is 11.8 Å². The number of benzene rings is 1. The van der Waals surface area contributed by atoms with Crippen LogP contribution in [0.2, 0.25) is 0 Å². The average Bonchev–Trinajstić information content (AvgIpc) is 3.24. The largest absolute Gasteiger partial charge is 0.461 e. The summed E-state index contributed by atoms with van der Waals surface area (Å²) in [6.07, 6.45) is 1.51. The molecule has 9 nitrogen and oxygen atoms in total. The molecule has 1 amide bonds. The molecule has 3 rings (SSSR count). The Morgan fingerprint density at radius 3 is 2.92 bits per heavy atom. The zero-order valence-electron chi connectivity index (χ0n) is 13.4. The van der Waals surface area contributed by atoms with Crippen molar-refractivity contribution in [2.75, 3.05) is 11.1 Å². The maximum Gasteiger partial charge on any atom is 0.271 e. The number of carbonyl (C=O) groups is 1. The molecular formula is C15H12FN5O4S. The quantitative estimate of drug-likeness (QED) is 0.399. The minimum atomic E-state index is -0.757. The van der Waals surface area contributed by atoms with Crippen molar-refractivity contribution in [2.24, 2.45) is 7.05 Å². The van der Waals surface area contributed by atoms with Crippen molar-refractivity contribution in [3.05, 3.63) is 52.5 Å². The van der Waals surface area contributed by atoms with Crippen molar-refractivity contribution in [2.45, 2.75) is 5.16 Å². The van der Waals surface area contributed by atoms with Crippen LogP contribution in [0.3, 0.4) is 0 Å². The lowest BCUT2D eigenvalue weighted by molar-refractivity contribution is -0.384.